The zero-order chi connectivity index (χ0) is 22.0. The molecule has 1 fully saturated rings. The average molecular weight is 482 g/mol. The Kier molecular flexibility index (Phi) is 6.51. The van der Waals surface area contributed by atoms with Gasteiger partial charge in [0, 0.05) is 29.5 Å². The Morgan fingerprint density at radius 3 is 2.58 bits per heavy atom. The molecule has 1 aliphatic rings. The van der Waals surface area contributed by atoms with Crippen molar-refractivity contribution in [1.29, 1.82) is 0 Å². The fourth-order valence-corrected chi connectivity index (χ4v) is 4.85. The molecule has 0 atom stereocenters. The summed E-state index contributed by atoms with van der Waals surface area (Å²) in [5.41, 5.74) is 2.39. The van der Waals surface area contributed by atoms with Crippen molar-refractivity contribution in [3.05, 3.63) is 81.6 Å². The van der Waals surface area contributed by atoms with Crippen LogP contribution in [-0.2, 0) is 11.2 Å². The monoisotopic (exact) mass is 481 g/mol. The Balaban J connectivity index is 1.44. The van der Waals surface area contributed by atoms with Gasteiger partial charge in [-0.05, 0) is 78.3 Å². The van der Waals surface area contributed by atoms with Gasteiger partial charge in [-0.3, -0.25) is 4.79 Å². The summed E-state index contributed by atoms with van der Waals surface area (Å²) < 4.78 is 15.5. The number of benzene rings is 3. The van der Waals surface area contributed by atoms with E-state index in [1.54, 1.807) is 13.0 Å². The summed E-state index contributed by atoms with van der Waals surface area (Å²) in [5.74, 6) is 0.0556. The van der Waals surface area contributed by atoms with E-state index >= 15 is 0 Å². The normalized spacial score (nSPS) is 14.7. The minimum Gasteiger partial charge on any atom is -0.339 e. The van der Waals surface area contributed by atoms with Gasteiger partial charge >= 0.3 is 0 Å². The second kappa shape index (κ2) is 9.31. The van der Waals surface area contributed by atoms with E-state index in [4.69, 9.17) is 0 Å². The molecular weight excluding hydrogens is 457 g/mol. The van der Waals surface area contributed by atoms with Crippen LogP contribution in [0.1, 0.15) is 53.6 Å². The van der Waals surface area contributed by atoms with E-state index in [0.717, 1.165) is 33.7 Å². The van der Waals surface area contributed by atoms with Crippen LogP contribution in [0.15, 0.2) is 59.1 Å². The smallest absolute Gasteiger partial charge is 0.253 e. The van der Waals surface area contributed by atoms with E-state index in [2.05, 4.69) is 15.9 Å². The highest BCUT2D eigenvalue weighted by molar-refractivity contribution is 9.10. The van der Waals surface area contributed by atoms with Gasteiger partial charge in [-0.2, -0.15) is 0 Å². The molecule has 3 aromatic carbocycles. The number of likely N-dealkylation sites (tertiary alicyclic amines) is 1. The van der Waals surface area contributed by atoms with Gasteiger partial charge in [0.15, 0.2) is 0 Å². The average Bonchev–Trinajstić information content (AvgIpc) is 2.78. The summed E-state index contributed by atoms with van der Waals surface area (Å²) in [5, 5.41) is 2.11. The Labute approximate surface area is 190 Å². The van der Waals surface area contributed by atoms with E-state index in [-0.39, 0.29) is 23.4 Å². The first-order valence-corrected chi connectivity index (χ1v) is 11.5. The number of carbonyl (C=O) groups is 2. The standard InChI is InChI=1S/C26H25BrFNO2/c1-17(30)5-6-18-7-10-25(28)23(15-18)19-11-13-29(14-12-19)26(31)21-8-9-22-20(16-21)3-2-4-24(22)27/h2-4,7-10,15-16,19H,5-6,11-14H2,1H3. The van der Waals surface area contributed by atoms with Crippen LogP contribution < -0.4 is 0 Å². The number of carbonyl (C=O) groups excluding carboxylic acids is 2. The summed E-state index contributed by atoms with van der Waals surface area (Å²) in [7, 11) is 0. The number of halogens is 2. The van der Waals surface area contributed by atoms with Crippen LogP contribution in [0.2, 0.25) is 0 Å². The predicted octanol–water partition coefficient (Wildman–Crippen LogP) is 6.28. The maximum absolute atomic E-state index is 14.5. The summed E-state index contributed by atoms with van der Waals surface area (Å²) in [4.78, 5) is 26.2. The third kappa shape index (κ3) is 4.87. The Morgan fingerprint density at radius 2 is 1.84 bits per heavy atom. The van der Waals surface area contributed by atoms with E-state index in [9.17, 15) is 14.0 Å². The molecule has 5 heteroatoms. The third-order valence-corrected chi connectivity index (χ3v) is 6.81. The first-order chi connectivity index (χ1) is 14.9. The van der Waals surface area contributed by atoms with Crippen molar-refractivity contribution in [2.75, 3.05) is 13.1 Å². The number of fused-ring (bicyclic) bond motifs is 1. The molecule has 1 saturated heterocycles. The van der Waals surface area contributed by atoms with E-state index in [0.29, 0.717) is 37.1 Å². The number of aryl methyl sites for hydroxylation is 1. The van der Waals surface area contributed by atoms with E-state index in [1.807, 2.05) is 47.4 Å². The van der Waals surface area contributed by atoms with Gasteiger partial charge in [-0.15, -0.1) is 0 Å². The topological polar surface area (TPSA) is 37.4 Å². The molecule has 0 radical (unpaired) electrons. The number of Topliss-reactive ketones (excluding diaryl/α,β-unsaturated/α-hetero) is 1. The van der Waals surface area contributed by atoms with Crippen LogP contribution in [0.25, 0.3) is 10.8 Å². The number of nitrogens with zero attached hydrogens (tertiary/aromatic N) is 1. The molecule has 0 aliphatic carbocycles. The first-order valence-electron chi connectivity index (χ1n) is 10.7. The van der Waals surface area contributed by atoms with Gasteiger partial charge in [-0.1, -0.05) is 46.3 Å². The molecule has 0 aromatic heterocycles. The lowest BCUT2D eigenvalue weighted by molar-refractivity contribution is -0.116. The van der Waals surface area contributed by atoms with Crippen molar-refractivity contribution in [2.24, 2.45) is 0 Å². The molecule has 4 rings (SSSR count). The lowest BCUT2D eigenvalue weighted by atomic mass is 9.87. The Morgan fingerprint density at radius 1 is 1.06 bits per heavy atom. The highest BCUT2D eigenvalue weighted by Gasteiger charge is 2.26. The van der Waals surface area contributed by atoms with Crippen molar-refractivity contribution in [2.45, 2.75) is 38.5 Å². The lowest BCUT2D eigenvalue weighted by Gasteiger charge is -2.32. The number of amides is 1. The molecule has 3 nitrogen and oxygen atoms in total. The first kappa shape index (κ1) is 21.7. The molecule has 0 bridgehead atoms. The number of hydrogen-bond donors (Lipinski definition) is 0. The van der Waals surface area contributed by atoms with Gasteiger partial charge in [0.1, 0.15) is 11.6 Å². The minimum atomic E-state index is -0.198. The van der Waals surface area contributed by atoms with Gasteiger partial charge in [0.05, 0.1) is 0 Å². The fourth-order valence-electron chi connectivity index (χ4n) is 4.34. The second-order valence-corrected chi connectivity index (χ2v) is 9.15. The van der Waals surface area contributed by atoms with Crippen LogP contribution in [0, 0.1) is 5.82 Å². The number of rotatable bonds is 5. The van der Waals surface area contributed by atoms with Gasteiger partial charge in [0.25, 0.3) is 5.91 Å². The van der Waals surface area contributed by atoms with Gasteiger partial charge < -0.3 is 9.69 Å². The summed E-state index contributed by atoms with van der Waals surface area (Å²) >= 11 is 3.55. The van der Waals surface area contributed by atoms with Crippen molar-refractivity contribution in [1.82, 2.24) is 4.90 Å². The lowest BCUT2D eigenvalue weighted by Crippen LogP contribution is -2.38. The fraction of sp³-hybridized carbons (Fsp3) is 0.308. The number of hydrogen-bond acceptors (Lipinski definition) is 2. The quantitative estimate of drug-likeness (QED) is 0.429. The van der Waals surface area contributed by atoms with Crippen LogP contribution in [0.4, 0.5) is 4.39 Å². The molecule has 0 N–H and O–H groups in total. The van der Waals surface area contributed by atoms with Crippen molar-refractivity contribution in [3.8, 4) is 0 Å². The van der Waals surface area contributed by atoms with Gasteiger partial charge in [0.2, 0.25) is 0 Å². The molecule has 0 unspecified atom stereocenters. The van der Waals surface area contributed by atoms with E-state index in [1.165, 1.54) is 6.07 Å². The molecule has 0 spiro atoms. The molecule has 1 heterocycles. The van der Waals surface area contributed by atoms with Crippen molar-refractivity contribution in [3.63, 3.8) is 0 Å². The molecule has 1 aliphatic heterocycles. The van der Waals surface area contributed by atoms with Crippen LogP contribution in [0.3, 0.4) is 0 Å². The largest absolute Gasteiger partial charge is 0.339 e. The Bertz CT molecular complexity index is 1140. The molecular formula is C26H25BrFNO2. The third-order valence-electron chi connectivity index (χ3n) is 6.12. The molecule has 1 amide bonds. The molecule has 3 aromatic rings. The molecule has 160 valence electrons. The maximum atomic E-state index is 14.5. The SMILES string of the molecule is CC(=O)CCc1ccc(F)c(C2CCN(C(=O)c3ccc4c(Br)cccc4c3)CC2)c1. The Hall–Kier alpha value is -2.53. The summed E-state index contributed by atoms with van der Waals surface area (Å²) in [6.45, 7) is 2.79. The molecule has 31 heavy (non-hydrogen) atoms. The maximum Gasteiger partial charge on any atom is 0.253 e. The summed E-state index contributed by atoms with van der Waals surface area (Å²) in [6, 6.07) is 16.9. The van der Waals surface area contributed by atoms with Gasteiger partial charge in [-0.25, -0.2) is 4.39 Å². The zero-order valence-corrected chi connectivity index (χ0v) is 19.1. The number of piperidine rings is 1. The highest BCUT2D eigenvalue weighted by atomic mass is 79.9. The molecule has 0 saturated carbocycles. The van der Waals surface area contributed by atoms with Crippen molar-refractivity contribution >= 4 is 38.4 Å². The van der Waals surface area contributed by atoms with Crippen LogP contribution in [-0.4, -0.2) is 29.7 Å². The van der Waals surface area contributed by atoms with E-state index < -0.39 is 0 Å². The summed E-state index contributed by atoms with van der Waals surface area (Å²) in [6.07, 6.45) is 2.58. The highest BCUT2D eigenvalue weighted by Crippen LogP contribution is 2.32. The van der Waals surface area contributed by atoms with Crippen LogP contribution >= 0.6 is 15.9 Å². The minimum absolute atomic E-state index is 0.0241. The van der Waals surface area contributed by atoms with Crippen molar-refractivity contribution < 1.29 is 14.0 Å². The predicted molar refractivity (Wildman–Crippen MR) is 125 cm³/mol. The zero-order valence-electron chi connectivity index (χ0n) is 17.5. The second-order valence-electron chi connectivity index (χ2n) is 8.30. The van der Waals surface area contributed by atoms with Crippen LogP contribution in [0.5, 0.6) is 0 Å². The number of ketones is 1.